The largest absolute Gasteiger partial charge is 0.384 e. The van der Waals surface area contributed by atoms with Gasteiger partial charge in [0, 0.05) is 39.4 Å². The minimum absolute atomic E-state index is 0.00929. The van der Waals surface area contributed by atoms with Gasteiger partial charge in [0.25, 0.3) is 5.91 Å². The number of hydrogen-bond donors (Lipinski definition) is 0. The third-order valence-corrected chi connectivity index (χ3v) is 7.44. The third kappa shape index (κ3) is 2.02. The number of aryl methyl sites for hydroxylation is 1. The molecule has 3 rings (SSSR count). The number of sulfone groups is 1. The summed E-state index contributed by atoms with van der Waals surface area (Å²) in [6.45, 7) is 1.01. The highest BCUT2D eigenvalue weighted by atomic mass is 32.2. The summed E-state index contributed by atoms with van der Waals surface area (Å²) in [6, 6.07) is 3.56. The van der Waals surface area contributed by atoms with Gasteiger partial charge in [0.15, 0.2) is 9.84 Å². The Hall–Kier alpha value is -1.34. The molecule has 1 aromatic heterocycles. The molecule has 2 aliphatic rings. The van der Waals surface area contributed by atoms with E-state index in [0.717, 1.165) is 0 Å². The van der Waals surface area contributed by atoms with Gasteiger partial charge < -0.3 is 14.2 Å². The second kappa shape index (κ2) is 4.84. The van der Waals surface area contributed by atoms with Crippen LogP contribution in [-0.4, -0.2) is 61.1 Å². The Bertz CT molecular complexity index is 658. The zero-order valence-electron chi connectivity index (χ0n) is 12.3. The predicted octanol–water partition coefficient (Wildman–Crippen LogP) is 0.301. The number of amides is 1. The number of likely N-dealkylation sites (tertiary alicyclic amines) is 1. The van der Waals surface area contributed by atoms with Gasteiger partial charge in [-0.25, -0.2) is 8.42 Å². The van der Waals surface area contributed by atoms with Gasteiger partial charge in [-0.2, -0.15) is 0 Å². The molecule has 1 amide bonds. The van der Waals surface area contributed by atoms with Gasteiger partial charge >= 0.3 is 0 Å². The van der Waals surface area contributed by atoms with Crippen LogP contribution >= 0.6 is 0 Å². The standard InChI is InChI=1S/C14H20N2O4S/c1-15-6-3-4-12(15)13(17)16-9-14(10-16)11(8-20-2)5-7-21(14,18)19/h3-4,6,11H,5,7-10H2,1-2H3/t11-/m0/s1. The van der Waals surface area contributed by atoms with Crippen molar-refractivity contribution in [3.05, 3.63) is 24.0 Å². The van der Waals surface area contributed by atoms with Crippen molar-refractivity contribution >= 4 is 15.7 Å². The summed E-state index contributed by atoms with van der Waals surface area (Å²) in [5.41, 5.74) is 0.587. The highest BCUT2D eigenvalue weighted by Gasteiger charge is 2.62. The first kappa shape index (κ1) is 14.6. The lowest BCUT2D eigenvalue weighted by molar-refractivity contribution is 0.0329. The Morgan fingerprint density at radius 3 is 2.76 bits per heavy atom. The summed E-state index contributed by atoms with van der Waals surface area (Å²) < 4.78 is 30.9. The van der Waals surface area contributed by atoms with Crippen LogP contribution in [0.25, 0.3) is 0 Å². The van der Waals surface area contributed by atoms with Crippen molar-refractivity contribution in [1.82, 2.24) is 9.47 Å². The van der Waals surface area contributed by atoms with E-state index in [1.807, 2.05) is 19.3 Å². The van der Waals surface area contributed by atoms with Crippen molar-refractivity contribution in [3.63, 3.8) is 0 Å². The van der Waals surface area contributed by atoms with E-state index in [-0.39, 0.29) is 30.7 Å². The highest BCUT2D eigenvalue weighted by Crippen LogP contribution is 2.45. The van der Waals surface area contributed by atoms with Crippen LogP contribution in [0.4, 0.5) is 0 Å². The third-order valence-electron chi connectivity index (χ3n) is 4.83. The van der Waals surface area contributed by atoms with Crippen LogP contribution in [0.1, 0.15) is 16.9 Å². The second-order valence-corrected chi connectivity index (χ2v) is 8.44. The molecular formula is C14H20N2O4S. The monoisotopic (exact) mass is 312 g/mol. The molecule has 0 N–H and O–H groups in total. The number of ether oxygens (including phenoxy) is 1. The van der Waals surface area contributed by atoms with E-state index in [1.54, 1.807) is 22.6 Å². The van der Waals surface area contributed by atoms with Crippen molar-refractivity contribution in [2.24, 2.45) is 13.0 Å². The van der Waals surface area contributed by atoms with Gasteiger partial charge in [0.2, 0.25) is 0 Å². The Balaban J connectivity index is 1.79. The summed E-state index contributed by atoms with van der Waals surface area (Å²) in [5, 5.41) is 0. The molecule has 116 valence electrons. The Morgan fingerprint density at radius 2 is 2.19 bits per heavy atom. The predicted molar refractivity (Wildman–Crippen MR) is 77.8 cm³/mol. The molecular weight excluding hydrogens is 292 g/mol. The summed E-state index contributed by atoms with van der Waals surface area (Å²) >= 11 is 0. The number of hydrogen-bond acceptors (Lipinski definition) is 4. The molecule has 0 bridgehead atoms. The lowest BCUT2D eigenvalue weighted by atomic mass is 9.83. The number of aromatic nitrogens is 1. The zero-order valence-corrected chi connectivity index (χ0v) is 13.1. The summed E-state index contributed by atoms with van der Waals surface area (Å²) in [6.07, 6.45) is 2.44. The molecule has 0 saturated carbocycles. The molecule has 0 aliphatic carbocycles. The van der Waals surface area contributed by atoms with Crippen molar-refractivity contribution in [2.75, 3.05) is 32.6 Å². The molecule has 1 aromatic rings. The molecule has 2 saturated heterocycles. The lowest BCUT2D eigenvalue weighted by Crippen LogP contribution is -2.68. The molecule has 0 unspecified atom stereocenters. The van der Waals surface area contributed by atoms with E-state index in [9.17, 15) is 13.2 Å². The first-order valence-electron chi connectivity index (χ1n) is 7.03. The van der Waals surface area contributed by atoms with Crippen LogP contribution in [0, 0.1) is 5.92 Å². The van der Waals surface area contributed by atoms with Crippen molar-refractivity contribution in [2.45, 2.75) is 11.2 Å². The summed E-state index contributed by atoms with van der Waals surface area (Å²) in [4.78, 5) is 14.0. The van der Waals surface area contributed by atoms with Gasteiger partial charge in [-0.3, -0.25) is 4.79 Å². The van der Waals surface area contributed by atoms with Gasteiger partial charge in [-0.1, -0.05) is 0 Å². The van der Waals surface area contributed by atoms with E-state index < -0.39 is 14.6 Å². The average Bonchev–Trinajstić information content (AvgIpc) is 2.90. The fourth-order valence-electron chi connectivity index (χ4n) is 3.50. The van der Waals surface area contributed by atoms with Crippen LogP contribution in [-0.2, 0) is 21.6 Å². The number of rotatable bonds is 3. The molecule has 2 fully saturated rings. The fourth-order valence-corrected chi connectivity index (χ4v) is 5.90. The van der Waals surface area contributed by atoms with Crippen LogP contribution < -0.4 is 0 Å². The molecule has 1 spiro atoms. The molecule has 0 radical (unpaired) electrons. The smallest absolute Gasteiger partial charge is 0.270 e. The molecule has 6 nitrogen and oxygen atoms in total. The Morgan fingerprint density at radius 1 is 1.48 bits per heavy atom. The highest BCUT2D eigenvalue weighted by molar-refractivity contribution is 7.93. The molecule has 1 atom stereocenters. The van der Waals surface area contributed by atoms with Crippen LogP contribution in [0.2, 0.25) is 0 Å². The maximum Gasteiger partial charge on any atom is 0.270 e. The van der Waals surface area contributed by atoms with Crippen molar-refractivity contribution in [1.29, 1.82) is 0 Å². The first-order chi connectivity index (χ1) is 9.91. The number of carbonyl (C=O) groups is 1. The molecule has 2 aliphatic heterocycles. The zero-order chi connectivity index (χ0) is 15.3. The van der Waals surface area contributed by atoms with E-state index in [2.05, 4.69) is 0 Å². The quantitative estimate of drug-likeness (QED) is 0.805. The van der Waals surface area contributed by atoms with Gasteiger partial charge in [-0.15, -0.1) is 0 Å². The first-order valence-corrected chi connectivity index (χ1v) is 8.68. The minimum atomic E-state index is -3.15. The topological polar surface area (TPSA) is 68.6 Å². The number of methoxy groups -OCH3 is 1. The molecule has 3 heterocycles. The summed E-state index contributed by atoms with van der Waals surface area (Å²) in [5.74, 6) is 0.0871. The lowest BCUT2D eigenvalue weighted by Gasteiger charge is -2.49. The van der Waals surface area contributed by atoms with E-state index in [4.69, 9.17) is 4.74 Å². The number of nitrogens with zero attached hydrogens (tertiary/aromatic N) is 2. The normalized spacial score (nSPS) is 26.0. The van der Waals surface area contributed by atoms with Crippen molar-refractivity contribution in [3.8, 4) is 0 Å². The van der Waals surface area contributed by atoms with Gasteiger partial charge in [-0.05, 0) is 18.6 Å². The average molecular weight is 312 g/mol. The van der Waals surface area contributed by atoms with Crippen molar-refractivity contribution < 1.29 is 17.9 Å². The minimum Gasteiger partial charge on any atom is -0.384 e. The summed E-state index contributed by atoms with van der Waals surface area (Å²) in [7, 11) is 0.249. The maximum absolute atomic E-state index is 12.4. The van der Waals surface area contributed by atoms with Gasteiger partial charge in [0.1, 0.15) is 10.4 Å². The van der Waals surface area contributed by atoms with Gasteiger partial charge in [0.05, 0.1) is 12.4 Å². The number of carbonyl (C=O) groups excluding carboxylic acids is 1. The van der Waals surface area contributed by atoms with E-state index >= 15 is 0 Å². The maximum atomic E-state index is 12.4. The van der Waals surface area contributed by atoms with Crippen LogP contribution in [0.15, 0.2) is 18.3 Å². The van der Waals surface area contributed by atoms with E-state index in [1.165, 1.54) is 0 Å². The van der Waals surface area contributed by atoms with Crippen LogP contribution in [0.3, 0.4) is 0 Å². The Kier molecular flexibility index (Phi) is 3.37. The molecule has 0 aromatic carbocycles. The SMILES string of the molecule is COC[C@@H]1CCS(=O)(=O)C12CN(C(=O)c1cccn1C)C2. The second-order valence-electron chi connectivity index (χ2n) is 5.99. The molecule has 7 heteroatoms. The van der Waals surface area contributed by atoms with Crippen LogP contribution in [0.5, 0.6) is 0 Å². The molecule has 21 heavy (non-hydrogen) atoms. The fraction of sp³-hybridized carbons (Fsp3) is 0.643. The van der Waals surface area contributed by atoms with E-state index in [0.29, 0.717) is 18.7 Å². The Labute approximate surface area is 124 Å².